The van der Waals surface area contributed by atoms with Gasteiger partial charge in [-0.25, -0.2) is 17.5 Å². The first-order valence-electron chi connectivity index (χ1n) is 11.0. The van der Waals surface area contributed by atoms with Crippen LogP contribution < -0.4 is 20.9 Å². The van der Waals surface area contributed by atoms with Gasteiger partial charge in [0, 0.05) is 5.69 Å². The number of aromatic nitrogens is 2. The number of nitrogens with one attached hydrogen (secondary N) is 2. The maximum Gasteiger partial charge on any atom is 0.346 e. The number of hydrogen-bond donors (Lipinski definition) is 4. The molecule has 1 aliphatic heterocycles. The van der Waals surface area contributed by atoms with Crippen molar-refractivity contribution in [2.75, 3.05) is 16.3 Å². The molecule has 2 aromatic heterocycles. The summed E-state index contributed by atoms with van der Waals surface area (Å²) in [5.41, 5.74) is -0.692. The molecule has 0 radical (unpaired) electrons. The van der Waals surface area contributed by atoms with Gasteiger partial charge in [0.25, 0.3) is 5.56 Å². The molecular weight excluding hydrogens is 592 g/mol. The number of aromatic hydroxyl groups is 1. The van der Waals surface area contributed by atoms with Crippen LogP contribution in [-0.4, -0.2) is 40.3 Å². The van der Waals surface area contributed by atoms with Gasteiger partial charge in [-0.05, 0) is 47.3 Å². The van der Waals surface area contributed by atoms with Crippen LogP contribution >= 0.6 is 30.5 Å². The fraction of sp³-hybridized carbons (Fsp3) is 0.0870. The summed E-state index contributed by atoms with van der Waals surface area (Å²) in [6, 6.07) is 11.1. The maximum absolute atomic E-state index is 13.7. The molecule has 0 saturated carbocycles. The Bertz CT molecular complexity index is 1880. The van der Waals surface area contributed by atoms with Crippen LogP contribution in [0.15, 0.2) is 63.5 Å². The van der Waals surface area contributed by atoms with Crippen LogP contribution in [0.1, 0.15) is 11.1 Å². The summed E-state index contributed by atoms with van der Waals surface area (Å²) in [4.78, 5) is 24.8. The summed E-state index contributed by atoms with van der Waals surface area (Å²) in [6.45, 7) is -0.161. The number of halogens is 2. The highest BCUT2D eigenvalue weighted by atomic mass is 35.5. The Labute approximate surface area is 229 Å². The lowest BCUT2D eigenvalue weighted by Gasteiger charge is -2.23. The fourth-order valence-corrected chi connectivity index (χ4v) is 6.63. The molecule has 0 spiro atoms. The summed E-state index contributed by atoms with van der Waals surface area (Å²) in [7, 11) is -8.20. The Balaban J connectivity index is 1.65. The lowest BCUT2D eigenvalue weighted by molar-refractivity contribution is 0.464. The Morgan fingerprint density at radius 2 is 2.00 bits per heavy atom. The van der Waals surface area contributed by atoms with E-state index in [1.807, 2.05) is 0 Å². The second-order valence-corrected chi connectivity index (χ2v) is 13.4. The first-order valence-corrected chi connectivity index (χ1v) is 15.7. The van der Waals surface area contributed by atoms with Crippen molar-refractivity contribution in [3.63, 3.8) is 0 Å². The Kier molecular flexibility index (Phi) is 6.85. The average Bonchev–Trinajstić information content (AvgIpc) is 3.37. The summed E-state index contributed by atoms with van der Waals surface area (Å²) in [5, 5.41) is 19.6. The first kappa shape index (κ1) is 27.0. The molecule has 39 heavy (non-hydrogen) atoms. The molecule has 11 nitrogen and oxygen atoms in total. The standard InChI is InChI=1S/C23H18ClFN5O6PS2/c1-39(35,36)29-13-5-7-16-17(10-13)37(33,34)28-22(26-16)19-21(31)20(18-3-2-8-38-18)27-30(23(19)32)11-12-4-6-15(25)14(24)9-12/h2-10,29,31H,11H2,1H3,(H2,26,28,33,34). The van der Waals surface area contributed by atoms with Gasteiger partial charge in [0.05, 0.1) is 33.7 Å². The Hall–Kier alpha value is -3.55. The number of benzene rings is 2. The van der Waals surface area contributed by atoms with Gasteiger partial charge in [0.1, 0.15) is 17.1 Å². The highest BCUT2D eigenvalue weighted by molar-refractivity contribution is 7.92. The van der Waals surface area contributed by atoms with E-state index in [1.54, 1.807) is 17.5 Å². The Morgan fingerprint density at radius 3 is 2.67 bits per heavy atom. The quantitative estimate of drug-likeness (QED) is 0.241. The lowest BCUT2D eigenvalue weighted by atomic mass is 10.1. The smallest absolute Gasteiger partial charge is 0.346 e. The number of rotatable bonds is 6. The zero-order valence-electron chi connectivity index (χ0n) is 19.8. The minimum atomic E-state index is -4.54. The van der Waals surface area contributed by atoms with Gasteiger partial charge in [0.2, 0.25) is 10.0 Å². The number of fused-ring (bicyclic) bond motifs is 1. The van der Waals surface area contributed by atoms with Crippen LogP contribution in [0.3, 0.4) is 0 Å². The van der Waals surface area contributed by atoms with E-state index in [0.717, 1.165) is 23.1 Å². The molecular formula is C23H18ClFN5O6PS2. The van der Waals surface area contributed by atoms with Crippen LogP contribution in [-0.2, 0) is 21.1 Å². The predicted octanol–water partition coefficient (Wildman–Crippen LogP) is 3.57. The molecule has 2 aromatic carbocycles. The number of anilines is 2. The minimum absolute atomic E-state index is 0.0172. The molecule has 16 heteroatoms. The molecule has 1 aliphatic rings. The highest BCUT2D eigenvalue weighted by Crippen LogP contribution is 2.47. The zero-order valence-corrected chi connectivity index (χ0v) is 23.1. The van der Waals surface area contributed by atoms with Gasteiger partial charge in [-0.1, -0.05) is 23.7 Å². The maximum atomic E-state index is 13.7. The fourth-order valence-electron chi connectivity index (χ4n) is 3.88. The van der Waals surface area contributed by atoms with Crippen LogP contribution in [0.2, 0.25) is 5.02 Å². The van der Waals surface area contributed by atoms with Gasteiger partial charge in [-0.3, -0.25) is 14.1 Å². The van der Waals surface area contributed by atoms with Crippen LogP contribution in [0.4, 0.5) is 15.8 Å². The van der Waals surface area contributed by atoms with E-state index in [0.29, 0.717) is 10.4 Å². The van der Waals surface area contributed by atoms with E-state index >= 15 is 0 Å². The van der Waals surface area contributed by atoms with Gasteiger partial charge in [-0.2, -0.15) is 9.86 Å². The van der Waals surface area contributed by atoms with Crippen molar-refractivity contribution in [3.05, 3.63) is 86.2 Å². The summed E-state index contributed by atoms with van der Waals surface area (Å²) >= 11 is 7.13. The third kappa shape index (κ3) is 5.47. The van der Waals surface area contributed by atoms with E-state index < -0.39 is 40.2 Å². The number of nitrogens with zero attached hydrogens (tertiary/aromatic N) is 3. The SMILES string of the molecule is CS(=O)(=O)Nc1ccc2c(c1)P(=O)(O)N=C(c1c(O)c(-c3cccs3)nn(Cc3ccc(F)c(Cl)c3)c1=O)N2. The molecule has 1 atom stereocenters. The summed E-state index contributed by atoms with van der Waals surface area (Å²) < 4.78 is 57.2. The number of hydrogen-bond acceptors (Lipinski definition) is 8. The Morgan fingerprint density at radius 1 is 1.23 bits per heavy atom. The molecule has 4 aromatic rings. The van der Waals surface area contributed by atoms with Gasteiger partial charge >= 0.3 is 7.52 Å². The van der Waals surface area contributed by atoms with Crippen molar-refractivity contribution in [2.24, 2.45) is 4.76 Å². The molecule has 3 heterocycles. The topological polar surface area (TPSA) is 163 Å². The molecule has 5 rings (SSSR count). The molecule has 1 unspecified atom stereocenters. The minimum Gasteiger partial charge on any atom is -0.505 e. The van der Waals surface area contributed by atoms with E-state index in [1.165, 1.54) is 35.6 Å². The third-order valence-electron chi connectivity index (χ3n) is 5.54. The monoisotopic (exact) mass is 609 g/mol. The van der Waals surface area contributed by atoms with E-state index in [9.17, 15) is 32.2 Å². The van der Waals surface area contributed by atoms with Crippen LogP contribution in [0.25, 0.3) is 10.6 Å². The molecule has 0 fully saturated rings. The highest BCUT2D eigenvalue weighted by Gasteiger charge is 2.34. The van der Waals surface area contributed by atoms with Crippen molar-refractivity contribution < 1.29 is 27.4 Å². The van der Waals surface area contributed by atoms with Gasteiger partial charge < -0.3 is 15.3 Å². The number of amidine groups is 1. The molecule has 0 aliphatic carbocycles. The van der Waals surface area contributed by atoms with E-state index in [-0.39, 0.29) is 39.8 Å². The molecule has 4 N–H and O–H groups in total. The normalized spacial score (nSPS) is 16.8. The van der Waals surface area contributed by atoms with Crippen molar-refractivity contribution in [1.82, 2.24) is 9.78 Å². The van der Waals surface area contributed by atoms with Crippen LogP contribution in [0.5, 0.6) is 5.75 Å². The molecule has 202 valence electrons. The number of sulfonamides is 1. The van der Waals surface area contributed by atoms with Crippen molar-refractivity contribution in [1.29, 1.82) is 0 Å². The van der Waals surface area contributed by atoms with Gasteiger partial charge in [0.15, 0.2) is 11.6 Å². The van der Waals surface area contributed by atoms with Gasteiger partial charge in [-0.15, -0.1) is 11.3 Å². The van der Waals surface area contributed by atoms with E-state index in [4.69, 9.17) is 11.6 Å². The molecule has 0 bridgehead atoms. The largest absolute Gasteiger partial charge is 0.505 e. The summed E-state index contributed by atoms with van der Waals surface area (Å²) in [5.74, 6) is -1.59. The molecule has 0 saturated heterocycles. The second kappa shape index (κ2) is 9.88. The third-order valence-corrected chi connectivity index (χ3v) is 8.78. The predicted molar refractivity (Wildman–Crippen MR) is 149 cm³/mol. The second-order valence-electron chi connectivity index (χ2n) is 8.48. The van der Waals surface area contributed by atoms with Crippen LogP contribution in [0, 0.1) is 5.82 Å². The van der Waals surface area contributed by atoms with E-state index in [2.05, 4.69) is 19.9 Å². The van der Waals surface area contributed by atoms with Crippen molar-refractivity contribution in [2.45, 2.75) is 6.54 Å². The van der Waals surface area contributed by atoms with Crippen molar-refractivity contribution >= 4 is 63.0 Å². The average molecular weight is 610 g/mol. The van der Waals surface area contributed by atoms with Crippen molar-refractivity contribution in [3.8, 4) is 16.3 Å². The first-order chi connectivity index (χ1) is 18.3. The summed E-state index contributed by atoms with van der Waals surface area (Å²) in [6.07, 6.45) is 0.932. The zero-order chi connectivity index (χ0) is 28.1. The number of thiophene rings is 1. The molecule has 0 amide bonds. The lowest BCUT2D eigenvalue weighted by Crippen LogP contribution is -2.34.